The van der Waals surface area contributed by atoms with Crippen molar-refractivity contribution in [2.75, 3.05) is 11.9 Å². The topological polar surface area (TPSA) is 79.8 Å². The van der Waals surface area contributed by atoms with Gasteiger partial charge in [-0.2, -0.15) is 0 Å². The van der Waals surface area contributed by atoms with E-state index in [2.05, 4.69) is 47.4 Å². The van der Waals surface area contributed by atoms with E-state index in [0.29, 0.717) is 18.1 Å². The summed E-state index contributed by atoms with van der Waals surface area (Å²) in [6.07, 6.45) is 3.45. The molecule has 1 aliphatic heterocycles. The number of hydrogen-bond donors (Lipinski definition) is 2. The highest BCUT2D eigenvalue weighted by Crippen LogP contribution is 2.24. The number of carbonyl (C=O) groups excluding carboxylic acids is 1. The summed E-state index contributed by atoms with van der Waals surface area (Å²) in [6, 6.07) is 2.30. The van der Waals surface area contributed by atoms with Gasteiger partial charge in [0.25, 0.3) is 5.91 Å². The Hall–Kier alpha value is -2.50. The molecule has 2 aromatic rings. The maximum Gasteiger partial charge on any atom is 0.270 e. The first-order valence-electron chi connectivity index (χ1n) is 9.22. The lowest BCUT2D eigenvalue weighted by Crippen LogP contribution is -2.35. The molecule has 3 rings (SSSR count). The number of anilines is 1. The first kappa shape index (κ1) is 18.3. The van der Waals surface area contributed by atoms with Crippen LogP contribution < -0.4 is 10.6 Å². The normalized spacial score (nSPS) is 14.8. The van der Waals surface area contributed by atoms with Crippen molar-refractivity contribution in [3.05, 3.63) is 46.2 Å². The van der Waals surface area contributed by atoms with Gasteiger partial charge in [0.05, 0.1) is 0 Å². The van der Waals surface area contributed by atoms with Gasteiger partial charge in [-0.15, -0.1) is 0 Å². The third kappa shape index (κ3) is 3.84. The number of pyridine rings is 1. The van der Waals surface area contributed by atoms with Gasteiger partial charge in [-0.25, -0.2) is 9.97 Å². The molecule has 2 N–H and O–H groups in total. The van der Waals surface area contributed by atoms with E-state index >= 15 is 0 Å². The van der Waals surface area contributed by atoms with Crippen LogP contribution in [0.15, 0.2) is 12.3 Å². The molecule has 0 bridgehead atoms. The SMILES string of the molecule is Cc1cnc(CC(C)Nc2nc(C(C)C)nc3c2CCNC3=O)c(C)c1. The molecule has 0 saturated heterocycles. The highest BCUT2D eigenvalue weighted by atomic mass is 16.1. The predicted octanol–water partition coefficient (Wildman–Crippen LogP) is 2.94. The number of nitrogens with one attached hydrogen (secondary N) is 2. The van der Waals surface area contributed by atoms with Crippen LogP contribution in [-0.2, 0) is 12.8 Å². The predicted molar refractivity (Wildman–Crippen MR) is 103 cm³/mol. The molecule has 26 heavy (non-hydrogen) atoms. The van der Waals surface area contributed by atoms with Gasteiger partial charge in [-0.05, 0) is 38.3 Å². The van der Waals surface area contributed by atoms with Crippen LogP contribution >= 0.6 is 0 Å². The summed E-state index contributed by atoms with van der Waals surface area (Å²) in [5, 5.41) is 6.38. The maximum absolute atomic E-state index is 12.2. The van der Waals surface area contributed by atoms with Crippen molar-refractivity contribution in [1.29, 1.82) is 0 Å². The van der Waals surface area contributed by atoms with Crippen LogP contribution in [0, 0.1) is 13.8 Å². The van der Waals surface area contributed by atoms with Crippen LogP contribution in [0.4, 0.5) is 5.82 Å². The monoisotopic (exact) mass is 353 g/mol. The Morgan fingerprint density at radius 2 is 2.00 bits per heavy atom. The molecule has 0 spiro atoms. The average Bonchev–Trinajstić information content (AvgIpc) is 2.58. The van der Waals surface area contributed by atoms with Gasteiger partial charge >= 0.3 is 0 Å². The van der Waals surface area contributed by atoms with Gasteiger partial charge < -0.3 is 10.6 Å². The highest BCUT2D eigenvalue weighted by Gasteiger charge is 2.25. The Bertz CT molecular complexity index is 831. The number of carbonyl (C=O) groups is 1. The van der Waals surface area contributed by atoms with E-state index in [9.17, 15) is 4.79 Å². The molecule has 6 heteroatoms. The molecule has 0 fully saturated rings. The van der Waals surface area contributed by atoms with Gasteiger partial charge in [-0.3, -0.25) is 9.78 Å². The molecule has 0 saturated carbocycles. The Morgan fingerprint density at radius 1 is 1.23 bits per heavy atom. The second-order valence-electron chi connectivity index (χ2n) is 7.44. The Balaban J connectivity index is 1.87. The van der Waals surface area contributed by atoms with E-state index in [1.165, 1.54) is 11.1 Å². The first-order chi connectivity index (χ1) is 12.3. The second-order valence-corrected chi connectivity index (χ2v) is 7.44. The van der Waals surface area contributed by atoms with Crippen molar-refractivity contribution >= 4 is 11.7 Å². The quantitative estimate of drug-likeness (QED) is 0.864. The van der Waals surface area contributed by atoms with Crippen LogP contribution in [0.3, 0.4) is 0 Å². The number of hydrogen-bond acceptors (Lipinski definition) is 5. The number of rotatable bonds is 5. The minimum Gasteiger partial charge on any atom is -0.367 e. The van der Waals surface area contributed by atoms with Crippen molar-refractivity contribution in [2.45, 2.75) is 59.4 Å². The van der Waals surface area contributed by atoms with Gasteiger partial charge in [0, 0.05) is 42.4 Å². The summed E-state index contributed by atoms with van der Waals surface area (Å²) in [4.78, 5) is 26.0. The van der Waals surface area contributed by atoms with Crippen molar-refractivity contribution in [3.63, 3.8) is 0 Å². The fourth-order valence-corrected chi connectivity index (χ4v) is 3.22. The number of aryl methyl sites for hydroxylation is 2. The van der Waals surface area contributed by atoms with Crippen LogP contribution in [0.5, 0.6) is 0 Å². The average molecular weight is 353 g/mol. The number of nitrogens with zero attached hydrogens (tertiary/aromatic N) is 3. The molecule has 1 unspecified atom stereocenters. The third-order valence-corrected chi connectivity index (χ3v) is 4.62. The molecule has 3 heterocycles. The zero-order valence-electron chi connectivity index (χ0n) is 16.2. The van der Waals surface area contributed by atoms with Crippen molar-refractivity contribution < 1.29 is 4.79 Å². The lowest BCUT2D eigenvalue weighted by atomic mass is 10.0. The molecule has 1 amide bonds. The lowest BCUT2D eigenvalue weighted by molar-refractivity contribution is 0.0940. The van der Waals surface area contributed by atoms with Crippen molar-refractivity contribution in [1.82, 2.24) is 20.3 Å². The second kappa shape index (κ2) is 7.40. The zero-order valence-corrected chi connectivity index (χ0v) is 16.2. The highest BCUT2D eigenvalue weighted by molar-refractivity contribution is 5.96. The summed E-state index contributed by atoms with van der Waals surface area (Å²) in [5.41, 5.74) is 4.88. The van der Waals surface area contributed by atoms with E-state index in [-0.39, 0.29) is 17.9 Å². The fourth-order valence-electron chi connectivity index (χ4n) is 3.22. The van der Waals surface area contributed by atoms with Crippen LogP contribution in [0.1, 0.15) is 65.4 Å². The summed E-state index contributed by atoms with van der Waals surface area (Å²) in [6.45, 7) is 11.0. The Kier molecular flexibility index (Phi) is 5.20. The zero-order chi connectivity index (χ0) is 18.8. The van der Waals surface area contributed by atoms with E-state index in [4.69, 9.17) is 4.98 Å². The van der Waals surface area contributed by atoms with Crippen molar-refractivity contribution in [3.8, 4) is 0 Å². The van der Waals surface area contributed by atoms with Gasteiger partial charge in [-0.1, -0.05) is 19.9 Å². The Labute approximate surface area is 154 Å². The molecular formula is C20H27N5O. The molecule has 138 valence electrons. The maximum atomic E-state index is 12.2. The molecule has 2 aromatic heterocycles. The van der Waals surface area contributed by atoms with E-state index < -0.39 is 0 Å². The lowest BCUT2D eigenvalue weighted by Gasteiger charge is -2.23. The summed E-state index contributed by atoms with van der Waals surface area (Å²) < 4.78 is 0. The molecule has 0 aliphatic carbocycles. The standard InChI is InChI=1S/C20H27N5O/c1-11(2)18-24-17-15(6-7-21-20(17)26)19(25-18)23-14(5)9-16-13(4)8-12(3)10-22-16/h8,10-11,14H,6-7,9H2,1-5H3,(H,21,26)(H,23,24,25). The minimum atomic E-state index is -0.109. The molecule has 0 aromatic carbocycles. The Morgan fingerprint density at radius 3 is 2.69 bits per heavy atom. The summed E-state index contributed by atoms with van der Waals surface area (Å²) >= 11 is 0. The fraction of sp³-hybridized carbons (Fsp3) is 0.500. The van der Waals surface area contributed by atoms with E-state index in [1.807, 2.05) is 20.0 Å². The molecule has 1 atom stereocenters. The van der Waals surface area contributed by atoms with Crippen LogP contribution in [0.25, 0.3) is 0 Å². The van der Waals surface area contributed by atoms with Crippen molar-refractivity contribution in [2.24, 2.45) is 0 Å². The van der Waals surface area contributed by atoms with E-state index in [1.54, 1.807) is 0 Å². The van der Waals surface area contributed by atoms with Gasteiger partial charge in [0.1, 0.15) is 17.3 Å². The van der Waals surface area contributed by atoms with Crippen LogP contribution in [0.2, 0.25) is 0 Å². The molecular weight excluding hydrogens is 326 g/mol. The third-order valence-electron chi connectivity index (χ3n) is 4.62. The summed E-state index contributed by atoms with van der Waals surface area (Å²) in [5.74, 6) is 1.53. The largest absolute Gasteiger partial charge is 0.367 e. The van der Waals surface area contributed by atoms with Gasteiger partial charge in [0.2, 0.25) is 0 Å². The number of amides is 1. The number of aromatic nitrogens is 3. The first-order valence-corrected chi connectivity index (χ1v) is 9.22. The smallest absolute Gasteiger partial charge is 0.270 e. The number of fused-ring (bicyclic) bond motifs is 1. The molecule has 6 nitrogen and oxygen atoms in total. The molecule has 0 radical (unpaired) electrons. The minimum absolute atomic E-state index is 0.109. The molecule has 1 aliphatic rings. The van der Waals surface area contributed by atoms with E-state index in [0.717, 1.165) is 29.9 Å². The van der Waals surface area contributed by atoms with Crippen LogP contribution in [-0.4, -0.2) is 33.4 Å². The summed E-state index contributed by atoms with van der Waals surface area (Å²) in [7, 11) is 0. The van der Waals surface area contributed by atoms with Gasteiger partial charge in [0.15, 0.2) is 0 Å².